The molecule has 3 saturated carbocycles. The molecule has 3 fully saturated rings. The van der Waals surface area contributed by atoms with E-state index in [9.17, 15) is 9.90 Å². The van der Waals surface area contributed by atoms with E-state index in [0.29, 0.717) is 0 Å². The third-order valence-electron chi connectivity index (χ3n) is 5.82. The van der Waals surface area contributed by atoms with E-state index in [1.54, 1.807) is 6.92 Å². The lowest BCUT2D eigenvalue weighted by Gasteiger charge is -2.53. The van der Waals surface area contributed by atoms with Gasteiger partial charge in [0.05, 0.1) is 8.82 Å². The molecule has 0 radical (unpaired) electrons. The highest BCUT2D eigenvalue weighted by molar-refractivity contribution is 5.91. The molecule has 0 aromatic heterocycles. The number of allylic oxidation sites excluding steroid dienone is 1. The molecule has 0 bridgehead atoms. The Bertz CT molecular complexity index is 820. The second-order valence-electron chi connectivity index (χ2n) is 6.65. The zero-order valence-electron chi connectivity index (χ0n) is 20.6. The van der Waals surface area contributed by atoms with Gasteiger partial charge in [-0.15, -0.1) is 0 Å². The van der Waals surface area contributed by atoms with E-state index >= 15 is 0 Å². The maximum absolute atomic E-state index is 12.3. The molecule has 6 atom stereocenters. The van der Waals surface area contributed by atoms with Crippen LogP contribution in [0, 0.1) is 29.1 Å². The van der Waals surface area contributed by atoms with E-state index in [1.807, 2.05) is 0 Å². The predicted molar refractivity (Wildman–Crippen MR) is 78.1 cm³/mol. The molecule has 4 rings (SSSR count). The molecule has 0 saturated heterocycles. The van der Waals surface area contributed by atoms with E-state index in [1.165, 1.54) is 0 Å². The van der Waals surface area contributed by atoms with Crippen molar-refractivity contribution >= 4 is 5.78 Å². The summed E-state index contributed by atoms with van der Waals surface area (Å²) in [6.07, 6.45) is -9.38. The largest absolute Gasteiger partial charge is 0.393 e. The molecular formula is C18H26O2. The highest BCUT2D eigenvalue weighted by atomic mass is 16.3. The molecule has 110 valence electrons. The zero-order chi connectivity index (χ0) is 22.0. The van der Waals surface area contributed by atoms with Crippen LogP contribution in [0.4, 0.5) is 0 Å². The van der Waals surface area contributed by atoms with Gasteiger partial charge < -0.3 is 5.11 Å². The van der Waals surface area contributed by atoms with Crippen molar-refractivity contribution in [3.63, 3.8) is 0 Å². The van der Waals surface area contributed by atoms with Crippen molar-refractivity contribution in [2.24, 2.45) is 29.1 Å². The fourth-order valence-corrected chi connectivity index (χ4v) is 4.60. The Labute approximate surface area is 134 Å². The molecule has 0 spiro atoms. The topological polar surface area (TPSA) is 37.3 Å². The molecule has 0 aliphatic heterocycles. The SMILES string of the molecule is [2H]C1=C2C([2H])([2H])C[C@@H]3[C@H](CC[C@@]4(C)[C@H]3CC([2H])([2H])[C@]4([2H])O)[C@@]2([2H])CC([2H])([2H])C1=O. The molecule has 20 heavy (non-hydrogen) atoms. The Morgan fingerprint density at radius 1 is 1.35 bits per heavy atom. The summed E-state index contributed by atoms with van der Waals surface area (Å²) in [6.45, 7) is 1.66. The molecule has 4 aliphatic rings. The first-order valence-corrected chi connectivity index (χ1v) is 7.41. The molecule has 2 nitrogen and oxygen atoms in total. The summed E-state index contributed by atoms with van der Waals surface area (Å²) in [5.74, 6) is -4.52. The fraction of sp³-hybridized carbons (Fsp3) is 0.833. The Balaban J connectivity index is 1.87. The van der Waals surface area contributed by atoms with Crippen LogP contribution in [0.25, 0.3) is 0 Å². The van der Waals surface area contributed by atoms with Gasteiger partial charge in [0.1, 0.15) is 0 Å². The summed E-state index contributed by atoms with van der Waals surface area (Å²) in [7, 11) is 0. The van der Waals surface area contributed by atoms with E-state index in [4.69, 9.17) is 12.3 Å². The van der Waals surface area contributed by atoms with Gasteiger partial charge in [-0.3, -0.25) is 4.79 Å². The first-order valence-electron chi connectivity index (χ1n) is 11.9. The quantitative estimate of drug-likeness (QED) is 0.739. The van der Waals surface area contributed by atoms with Gasteiger partial charge >= 0.3 is 0 Å². The summed E-state index contributed by atoms with van der Waals surface area (Å²) in [6, 6.07) is -0.744. The lowest BCUT2D eigenvalue weighted by Crippen LogP contribution is -2.47. The zero-order valence-corrected chi connectivity index (χ0v) is 11.6. The molecule has 2 heteroatoms. The van der Waals surface area contributed by atoms with Crippen LogP contribution in [0.2, 0.25) is 0 Å². The van der Waals surface area contributed by atoms with Crippen LogP contribution < -0.4 is 0 Å². The van der Waals surface area contributed by atoms with Crippen LogP contribution in [0.5, 0.6) is 0 Å². The number of aliphatic hydroxyl groups is 1. The van der Waals surface area contributed by atoms with Crippen LogP contribution in [0.15, 0.2) is 11.6 Å². The van der Waals surface area contributed by atoms with Gasteiger partial charge in [0.25, 0.3) is 0 Å². The second-order valence-corrected chi connectivity index (χ2v) is 6.65. The van der Waals surface area contributed by atoms with Gasteiger partial charge in [-0.25, -0.2) is 0 Å². The van der Waals surface area contributed by atoms with Crippen molar-refractivity contribution in [2.75, 3.05) is 0 Å². The van der Waals surface area contributed by atoms with Crippen molar-refractivity contribution in [1.29, 1.82) is 0 Å². The summed E-state index contributed by atoms with van der Waals surface area (Å²) < 4.78 is 75.3. The first kappa shape index (κ1) is 6.64. The Kier molecular flexibility index (Phi) is 1.47. The lowest BCUT2D eigenvalue weighted by atomic mass is 9.52. The molecule has 1 N–H and O–H groups in total. The van der Waals surface area contributed by atoms with Crippen LogP contribution in [-0.2, 0) is 4.79 Å². The van der Waals surface area contributed by atoms with Crippen molar-refractivity contribution in [2.45, 2.75) is 64.2 Å². The monoisotopic (exact) mass is 283 g/mol. The van der Waals surface area contributed by atoms with Crippen molar-refractivity contribution < 1.29 is 22.2 Å². The summed E-state index contributed by atoms with van der Waals surface area (Å²) >= 11 is 0. The Morgan fingerprint density at radius 2 is 2.20 bits per heavy atom. The van der Waals surface area contributed by atoms with Crippen molar-refractivity contribution in [3.8, 4) is 0 Å². The van der Waals surface area contributed by atoms with Gasteiger partial charge in [0.15, 0.2) is 5.78 Å². The van der Waals surface area contributed by atoms with E-state index in [-0.39, 0.29) is 31.3 Å². The number of hydrogen-bond donors (Lipinski definition) is 1. The van der Waals surface area contributed by atoms with Gasteiger partial charge in [-0.05, 0) is 80.0 Å². The average Bonchev–Trinajstić information content (AvgIpc) is 2.68. The summed E-state index contributed by atoms with van der Waals surface area (Å²) in [5, 5.41) is 10.8. The fourth-order valence-electron chi connectivity index (χ4n) is 4.60. The normalized spacial score (nSPS) is 73.0. The van der Waals surface area contributed by atoms with Gasteiger partial charge in [0.2, 0.25) is 0 Å². The summed E-state index contributed by atoms with van der Waals surface area (Å²) in [4.78, 5) is 12.3. The minimum Gasteiger partial charge on any atom is -0.393 e. The number of carbonyl (C=O) groups is 1. The van der Waals surface area contributed by atoms with Gasteiger partial charge in [-0.2, -0.15) is 0 Å². The highest BCUT2D eigenvalue weighted by Gasteiger charge is 2.55. The number of fused-ring (bicyclic) bond motifs is 5. The number of rotatable bonds is 0. The highest BCUT2D eigenvalue weighted by Crippen LogP contribution is 2.61. The predicted octanol–water partition coefficient (Wildman–Crippen LogP) is 3.49. The lowest BCUT2D eigenvalue weighted by molar-refractivity contribution is -0.116. The molecule has 0 amide bonds. The molecule has 4 aliphatic carbocycles. The standard InChI is InChI=1S/C18H26O2/c1-18-9-8-14-13-5-3-12(19)10-11(13)2-4-15(14)16(18)6-7-17(18)20/h10,13-17,20H,2-9H2,1H3/t13-,14+,15+,16-,17-,18-/m0/s1/i2D2,3D2,7D2,10D,13D,17D. The van der Waals surface area contributed by atoms with Crippen molar-refractivity contribution in [3.05, 3.63) is 11.6 Å². The van der Waals surface area contributed by atoms with Gasteiger partial charge in [-0.1, -0.05) is 12.5 Å². The van der Waals surface area contributed by atoms with Crippen molar-refractivity contribution in [1.82, 2.24) is 0 Å². The van der Waals surface area contributed by atoms with E-state index in [2.05, 4.69) is 0 Å². The first-order chi connectivity index (χ1) is 12.9. The third-order valence-corrected chi connectivity index (χ3v) is 5.82. The minimum absolute atomic E-state index is 0.126. The minimum atomic E-state index is -2.43. The number of ketones is 1. The second kappa shape index (κ2) is 4.43. The number of hydrogen-bond acceptors (Lipinski definition) is 2. The molecule has 0 aromatic rings. The maximum atomic E-state index is 12.3. The molecule has 0 aromatic carbocycles. The van der Waals surface area contributed by atoms with Gasteiger partial charge in [0, 0.05) is 16.0 Å². The van der Waals surface area contributed by atoms with Crippen LogP contribution in [-0.4, -0.2) is 17.0 Å². The third kappa shape index (κ3) is 1.70. The van der Waals surface area contributed by atoms with E-state index in [0.717, 1.165) is 0 Å². The molecule has 0 heterocycles. The van der Waals surface area contributed by atoms with Crippen LogP contribution in [0.3, 0.4) is 0 Å². The molecular weight excluding hydrogens is 248 g/mol. The molecule has 0 unspecified atom stereocenters. The number of carbonyl (C=O) groups excluding carboxylic acids is 1. The smallest absolute Gasteiger partial charge is 0.155 e. The maximum Gasteiger partial charge on any atom is 0.155 e. The van der Waals surface area contributed by atoms with Crippen LogP contribution >= 0.6 is 0 Å². The average molecular weight is 283 g/mol. The Morgan fingerprint density at radius 3 is 3.05 bits per heavy atom. The van der Waals surface area contributed by atoms with Crippen LogP contribution in [0.1, 0.15) is 70.5 Å². The summed E-state index contributed by atoms with van der Waals surface area (Å²) in [5.41, 5.74) is -1.37. The van der Waals surface area contributed by atoms with E-state index < -0.39 is 72.5 Å². The Hall–Kier alpha value is -0.630.